The number of fused-ring (bicyclic) bond motifs is 1. The second-order valence-corrected chi connectivity index (χ2v) is 21.1. The van der Waals surface area contributed by atoms with Crippen molar-refractivity contribution in [3.63, 3.8) is 0 Å². The molecule has 1 saturated heterocycles. The summed E-state index contributed by atoms with van der Waals surface area (Å²) in [6.07, 6.45) is 6.25. The van der Waals surface area contributed by atoms with Crippen LogP contribution in [0.2, 0.25) is 0 Å². The predicted octanol–water partition coefficient (Wildman–Crippen LogP) is 3.87. The van der Waals surface area contributed by atoms with Crippen molar-refractivity contribution in [3.05, 3.63) is 0 Å². The number of nitrogens with zero attached hydrogens (tertiary/aromatic N) is 1. The summed E-state index contributed by atoms with van der Waals surface area (Å²) in [5.74, 6) is -2.55. The number of carbonyl (C=O) groups excluding carboxylic acids is 5. The topological polar surface area (TPSA) is 171 Å². The van der Waals surface area contributed by atoms with Gasteiger partial charge in [0.15, 0.2) is 9.84 Å². The Hall–Kier alpha value is -2.70. The van der Waals surface area contributed by atoms with Crippen molar-refractivity contribution in [2.45, 2.75) is 161 Å². The highest BCUT2D eigenvalue weighted by Gasteiger charge is 2.71. The summed E-state index contributed by atoms with van der Waals surface area (Å²) >= 11 is 0. The minimum Gasteiger partial charge on any atom is -0.347 e. The number of nitrogens with one attached hydrogen (secondary N) is 4. The summed E-state index contributed by atoms with van der Waals surface area (Å²) in [5.41, 5.74) is -3.17. The van der Waals surface area contributed by atoms with E-state index in [0.29, 0.717) is 32.2 Å². The molecule has 4 aliphatic carbocycles. The molecule has 13 heteroatoms. The molecule has 284 valence electrons. The highest BCUT2D eigenvalue weighted by atomic mass is 32.2. The minimum absolute atomic E-state index is 0. The number of rotatable bonds is 11. The van der Waals surface area contributed by atoms with Crippen molar-refractivity contribution < 1.29 is 32.4 Å². The van der Waals surface area contributed by atoms with Gasteiger partial charge in [-0.05, 0) is 81.5 Å². The average Bonchev–Trinajstić information content (AvgIpc) is 3.93. The van der Waals surface area contributed by atoms with E-state index in [0.717, 1.165) is 32.1 Å². The molecule has 50 heavy (non-hydrogen) atoms. The van der Waals surface area contributed by atoms with E-state index in [1.54, 1.807) is 25.7 Å². The summed E-state index contributed by atoms with van der Waals surface area (Å²) < 4.78 is 25.6. The van der Waals surface area contributed by atoms with Crippen LogP contribution in [-0.2, 0) is 29.0 Å². The van der Waals surface area contributed by atoms with Crippen LogP contribution in [0, 0.1) is 28.6 Å². The molecule has 5 rings (SSSR count). The molecule has 0 aromatic heterocycles. The number of sulfone groups is 1. The van der Waals surface area contributed by atoms with Crippen molar-refractivity contribution in [3.8, 4) is 0 Å². The van der Waals surface area contributed by atoms with Crippen molar-refractivity contribution in [1.82, 2.24) is 26.2 Å². The zero-order valence-corrected chi connectivity index (χ0v) is 31.8. The molecule has 4 saturated carbocycles. The third-order valence-electron chi connectivity index (χ3n) is 12.2. The highest BCUT2D eigenvalue weighted by Crippen LogP contribution is 2.65. The second-order valence-electron chi connectivity index (χ2n) is 18.3. The highest BCUT2D eigenvalue weighted by molar-refractivity contribution is 7.92. The molecule has 5 amide bonds. The lowest BCUT2D eigenvalue weighted by Crippen LogP contribution is -2.64. The lowest BCUT2D eigenvalue weighted by Gasteiger charge is -2.41. The number of urea groups is 1. The average molecular weight is 722 g/mol. The van der Waals surface area contributed by atoms with E-state index in [4.69, 9.17) is 0 Å². The monoisotopic (exact) mass is 721 g/mol. The van der Waals surface area contributed by atoms with Gasteiger partial charge < -0.3 is 26.2 Å². The Morgan fingerprint density at radius 2 is 1.52 bits per heavy atom. The fourth-order valence-electron chi connectivity index (χ4n) is 8.44. The maximum absolute atomic E-state index is 14.5. The van der Waals surface area contributed by atoms with E-state index < -0.39 is 72.7 Å². The minimum atomic E-state index is -3.56. The Labute approximate surface area is 299 Å². The number of hydrogen-bond acceptors (Lipinski definition) is 7. The number of amides is 5. The summed E-state index contributed by atoms with van der Waals surface area (Å²) in [7, 11) is -3.56. The van der Waals surface area contributed by atoms with Crippen LogP contribution >= 0.6 is 0 Å². The molecule has 0 aromatic rings. The van der Waals surface area contributed by atoms with E-state index in [1.165, 1.54) is 0 Å². The Bertz CT molecular complexity index is 1490. The van der Waals surface area contributed by atoms with Crippen molar-refractivity contribution in [2.75, 3.05) is 12.3 Å². The van der Waals surface area contributed by atoms with Crippen LogP contribution in [0.3, 0.4) is 0 Å². The number of carbonyl (C=O) groups is 5. The van der Waals surface area contributed by atoms with Crippen LogP contribution in [0.5, 0.6) is 0 Å². The Morgan fingerprint density at radius 1 is 0.920 bits per heavy atom. The molecular weight excluding hydrogens is 659 g/mol. The molecule has 1 aliphatic heterocycles. The molecule has 5 fully saturated rings. The van der Waals surface area contributed by atoms with Gasteiger partial charge in [-0.25, -0.2) is 13.2 Å². The van der Waals surface area contributed by atoms with Crippen molar-refractivity contribution in [1.29, 1.82) is 0 Å². The SMILES string of the molecule is C.CC[C@H]1C[C@]1(NC(=O)[C@@H]1[C@@H]2[C@H](CN1C(=O)[C@@H](NC(=O)NC1(CS(=O)(=O)C(C)(C)C)CCCCC1)C(C)(C)C)C2(C)C)C(=O)C(=O)NC1CC1. The van der Waals surface area contributed by atoms with Crippen molar-refractivity contribution >= 4 is 39.4 Å². The molecule has 12 nitrogen and oxygen atoms in total. The molecule has 0 unspecified atom stereocenters. The first-order valence-corrected chi connectivity index (χ1v) is 19.9. The van der Waals surface area contributed by atoms with Gasteiger partial charge in [-0.3, -0.25) is 19.2 Å². The van der Waals surface area contributed by atoms with Gasteiger partial charge in [0.2, 0.25) is 17.6 Å². The lowest BCUT2D eigenvalue weighted by atomic mass is 9.83. The molecule has 0 bridgehead atoms. The van der Waals surface area contributed by atoms with Gasteiger partial charge in [-0.15, -0.1) is 0 Å². The zero-order chi connectivity index (χ0) is 36.5. The molecule has 6 atom stereocenters. The van der Waals surface area contributed by atoms with Gasteiger partial charge in [-0.1, -0.05) is 74.7 Å². The summed E-state index contributed by atoms with van der Waals surface area (Å²) in [6.45, 7) is 16.9. The molecule has 0 aromatic carbocycles. The molecule has 1 heterocycles. The maximum Gasteiger partial charge on any atom is 0.315 e. The van der Waals surface area contributed by atoms with Gasteiger partial charge in [0.25, 0.3) is 5.91 Å². The van der Waals surface area contributed by atoms with E-state index in [2.05, 4.69) is 35.1 Å². The molecule has 0 spiro atoms. The Balaban J connectivity index is 0.00000562. The number of piperidine rings is 1. The summed E-state index contributed by atoms with van der Waals surface area (Å²) in [6, 6.07) is -2.49. The lowest BCUT2D eigenvalue weighted by molar-refractivity contribution is -0.146. The second kappa shape index (κ2) is 13.4. The van der Waals surface area contributed by atoms with Gasteiger partial charge in [0.05, 0.1) is 16.0 Å². The molecule has 5 aliphatic rings. The predicted molar refractivity (Wildman–Crippen MR) is 193 cm³/mol. The largest absolute Gasteiger partial charge is 0.347 e. The normalized spacial score (nSPS) is 30.1. The van der Waals surface area contributed by atoms with Gasteiger partial charge in [-0.2, -0.15) is 0 Å². The van der Waals surface area contributed by atoms with Crippen LogP contribution in [0.25, 0.3) is 0 Å². The number of hydrogen-bond donors (Lipinski definition) is 4. The third kappa shape index (κ3) is 7.58. The summed E-state index contributed by atoms with van der Waals surface area (Å²) in [4.78, 5) is 70.3. The van der Waals surface area contributed by atoms with E-state index in [9.17, 15) is 32.4 Å². The smallest absolute Gasteiger partial charge is 0.315 e. The van der Waals surface area contributed by atoms with Gasteiger partial charge >= 0.3 is 6.03 Å². The standard InChI is InChI=1S/C36H59N5O7S.CH4/c1-10-21-18-36(21,27(42)29(44)37-22-14-15-22)39-28(43)25-24-23(34(24,8)9)19-41(25)30(45)26(32(2,3)4)38-31(46)40-35(16-12-11-13-17-35)20-49(47,48)33(5,6)7;/h21-26H,10-20H2,1-9H3,(H,37,44)(H,39,43)(H2,38,40,46);1H4/t21-,23-,24-,25-,26+,36+;/m0./s1. The number of likely N-dealkylation sites (tertiary alicyclic amines) is 1. The maximum atomic E-state index is 14.5. The quantitative estimate of drug-likeness (QED) is 0.235. The summed E-state index contributed by atoms with van der Waals surface area (Å²) in [5, 5.41) is 11.6. The van der Waals surface area contributed by atoms with E-state index in [-0.39, 0.29) is 42.4 Å². The van der Waals surface area contributed by atoms with Crippen molar-refractivity contribution in [2.24, 2.45) is 28.6 Å². The Morgan fingerprint density at radius 3 is 2.02 bits per heavy atom. The first-order valence-electron chi connectivity index (χ1n) is 18.3. The van der Waals surface area contributed by atoms with Crippen LogP contribution < -0.4 is 21.3 Å². The van der Waals surface area contributed by atoms with Crippen LogP contribution in [0.1, 0.15) is 128 Å². The third-order valence-corrected chi connectivity index (χ3v) is 15.0. The zero-order valence-electron chi connectivity index (χ0n) is 31.0. The van der Waals surface area contributed by atoms with Crippen LogP contribution in [-0.4, -0.2) is 89.1 Å². The van der Waals surface area contributed by atoms with Gasteiger partial charge in [0, 0.05) is 12.6 Å². The fourth-order valence-corrected chi connectivity index (χ4v) is 9.96. The number of ketones is 1. The first kappa shape index (κ1) is 40.1. The Kier molecular flexibility index (Phi) is 10.7. The van der Waals surface area contributed by atoms with E-state index in [1.807, 2.05) is 27.7 Å². The molecule has 4 N–H and O–H groups in total. The van der Waals surface area contributed by atoms with E-state index >= 15 is 0 Å². The van der Waals surface area contributed by atoms with Crippen LogP contribution in [0.4, 0.5) is 4.79 Å². The van der Waals surface area contributed by atoms with Crippen LogP contribution in [0.15, 0.2) is 0 Å². The number of Topliss-reactive ketones (excluding diaryl/α,β-unsaturated/α-hetero) is 1. The first-order chi connectivity index (χ1) is 22.5. The molecular formula is C37H63N5O7S. The van der Waals surface area contributed by atoms with Gasteiger partial charge in [0.1, 0.15) is 17.6 Å². The fraction of sp³-hybridized carbons (Fsp3) is 0.865. The molecule has 0 radical (unpaired) electrons.